The molecule has 42 heavy (non-hydrogen) atoms. The average molecular weight is 594 g/mol. The molecule has 9 nitrogen and oxygen atoms in total. The van der Waals surface area contributed by atoms with Gasteiger partial charge < -0.3 is 19.7 Å². The van der Waals surface area contributed by atoms with E-state index >= 15 is 0 Å². The maximum atomic E-state index is 14.1. The minimum Gasteiger partial charge on any atom is -0.497 e. The first-order valence-electron chi connectivity index (χ1n) is 14.2. The minimum absolute atomic E-state index is 0.0356. The maximum Gasteiger partial charge on any atom is 0.264 e. The van der Waals surface area contributed by atoms with Gasteiger partial charge >= 0.3 is 0 Å². The van der Waals surface area contributed by atoms with E-state index < -0.39 is 28.5 Å². The van der Waals surface area contributed by atoms with Gasteiger partial charge in [0.05, 0.1) is 24.8 Å². The van der Waals surface area contributed by atoms with Crippen molar-refractivity contribution in [3.05, 3.63) is 84.4 Å². The Morgan fingerprint density at radius 3 is 2.17 bits per heavy atom. The summed E-state index contributed by atoms with van der Waals surface area (Å²) in [6.45, 7) is 1.25. The van der Waals surface area contributed by atoms with E-state index in [0.717, 1.165) is 42.0 Å². The van der Waals surface area contributed by atoms with Crippen LogP contribution in [-0.4, -0.2) is 58.0 Å². The summed E-state index contributed by atoms with van der Waals surface area (Å²) in [5, 5.41) is 3.11. The number of benzene rings is 3. The van der Waals surface area contributed by atoms with Crippen molar-refractivity contribution >= 4 is 27.5 Å². The molecule has 4 rings (SSSR count). The van der Waals surface area contributed by atoms with Gasteiger partial charge in [-0.05, 0) is 61.7 Å². The van der Waals surface area contributed by atoms with Gasteiger partial charge in [0.2, 0.25) is 11.8 Å². The second-order valence-electron chi connectivity index (χ2n) is 10.4. The lowest BCUT2D eigenvalue weighted by Gasteiger charge is -2.33. The number of hydrogen-bond acceptors (Lipinski definition) is 6. The molecule has 0 spiro atoms. The normalized spacial score (nSPS) is 14.5. The first-order chi connectivity index (χ1) is 20.2. The molecular weight excluding hydrogens is 554 g/mol. The van der Waals surface area contributed by atoms with E-state index in [2.05, 4.69) is 5.32 Å². The second-order valence-corrected chi connectivity index (χ2v) is 12.2. The standard InChI is InChI=1S/C32H39N3O6S/c1-24(32(37)33-26-12-6-4-7-13-26)34(22-25-18-20-27(40-2)21-19-25)31(36)23-35(29-16-10-11-17-30(29)41-3)42(38,39)28-14-8-5-9-15-28/h5,8-11,14-21,24,26H,4,6-7,12-13,22-23H2,1-3H3,(H,33,37)/t24-/m0/s1. The van der Waals surface area contributed by atoms with Crippen molar-refractivity contribution in [3.8, 4) is 11.5 Å². The van der Waals surface area contributed by atoms with Crippen LogP contribution < -0.4 is 19.1 Å². The molecule has 10 heteroatoms. The minimum atomic E-state index is -4.18. The molecule has 0 saturated heterocycles. The number of para-hydroxylation sites is 2. The van der Waals surface area contributed by atoms with Gasteiger partial charge in [0.1, 0.15) is 24.1 Å². The molecule has 0 heterocycles. The smallest absolute Gasteiger partial charge is 0.264 e. The highest BCUT2D eigenvalue weighted by atomic mass is 32.2. The number of ether oxygens (including phenoxy) is 2. The number of nitrogens with zero attached hydrogens (tertiary/aromatic N) is 2. The first-order valence-corrected chi connectivity index (χ1v) is 15.6. The molecule has 224 valence electrons. The Bertz CT molecular complexity index is 1440. The number of methoxy groups -OCH3 is 2. The number of rotatable bonds is 12. The molecule has 1 aliphatic carbocycles. The van der Waals surface area contributed by atoms with Crippen LogP contribution in [0.15, 0.2) is 83.8 Å². The lowest BCUT2D eigenvalue weighted by Crippen LogP contribution is -2.53. The van der Waals surface area contributed by atoms with Gasteiger partial charge in [-0.25, -0.2) is 8.42 Å². The molecule has 3 aromatic rings. The summed E-state index contributed by atoms with van der Waals surface area (Å²) >= 11 is 0. The van der Waals surface area contributed by atoms with Crippen molar-refractivity contribution in [2.24, 2.45) is 0 Å². The van der Waals surface area contributed by atoms with Crippen LogP contribution in [0.1, 0.15) is 44.6 Å². The monoisotopic (exact) mass is 593 g/mol. The van der Waals surface area contributed by atoms with Crippen LogP contribution >= 0.6 is 0 Å². The molecule has 1 saturated carbocycles. The number of anilines is 1. The van der Waals surface area contributed by atoms with Crippen molar-refractivity contribution in [2.75, 3.05) is 25.1 Å². The van der Waals surface area contributed by atoms with Crippen LogP contribution in [0.5, 0.6) is 11.5 Å². The summed E-state index contributed by atoms with van der Waals surface area (Å²) < 4.78 is 39.7. The summed E-state index contributed by atoms with van der Waals surface area (Å²) in [5.74, 6) is 0.173. The number of hydrogen-bond donors (Lipinski definition) is 1. The maximum absolute atomic E-state index is 14.1. The van der Waals surface area contributed by atoms with Crippen molar-refractivity contribution in [2.45, 2.75) is 62.6 Å². The van der Waals surface area contributed by atoms with E-state index in [9.17, 15) is 18.0 Å². The first kappa shape index (κ1) is 30.9. The molecule has 0 bridgehead atoms. The number of nitrogens with one attached hydrogen (secondary N) is 1. The third-order valence-corrected chi connectivity index (χ3v) is 9.37. The predicted molar refractivity (Wildman–Crippen MR) is 162 cm³/mol. The van der Waals surface area contributed by atoms with E-state index in [4.69, 9.17) is 9.47 Å². The van der Waals surface area contributed by atoms with Crippen LogP contribution in [0, 0.1) is 0 Å². The Morgan fingerprint density at radius 1 is 0.881 bits per heavy atom. The summed E-state index contributed by atoms with van der Waals surface area (Å²) in [4.78, 5) is 29.1. The Balaban J connectivity index is 1.69. The fourth-order valence-corrected chi connectivity index (χ4v) is 6.59. The molecule has 1 fully saturated rings. The van der Waals surface area contributed by atoms with Crippen molar-refractivity contribution in [3.63, 3.8) is 0 Å². The Hall–Kier alpha value is -4.05. The van der Waals surface area contributed by atoms with Gasteiger partial charge in [0.25, 0.3) is 10.0 Å². The predicted octanol–water partition coefficient (Wildman–Crippen LogP) is 4.77. The molecule has 0 aliphatic heterocycles. The molecule has 1 aliphatic rings. The summed E-state index contributed by atoms with van der Waals surface area (Å²) in [6.07, 6.45) is 5.07. The zero-order valence-corrected chi connectivity index (χ0v) is 25.2. The number of carbonyl (C=O) groups is 2. The molecule has 0 radical (unpaired) electrons. The van der Waals surface area contributed by atoms with E-state index in [1.54, 1.807) is 68.6 Å². The largest absolute Gasteiger partial charge is 0.497 e. The SMILES string of the molecule is COc1ccc(CN(C(=O)CN(c2ccccc2OC)S(=O)(=O)c2ccccc2)[C@@H](C)C(=O)NC2CCCCC2)cc1. The number of sulfonamides is 1. The zero-order valence-electron chi connectivity index (χ0n) is 24.4. The van der Waals surface area contributed by atoms with Crippen LogP contribution in [0.25, 0.3) is 0 Å². The topological polar surface area (TPSA) is 105 Å². The molecule has 0 aromatic heterocycles. The highest BCUT2D eigenvalue weighted by Gasteiger charge is 2.34. The lowest BCUT2D eigenvalue weighted by atomic mass is 9.95. The van der Waals surface area contributed by atoms with E-state index in [0.29, 0.717) is 11.5 Å². The van der Waals surface area contributed by atoms with Gasteiger partial charge in [0.15, 0.2) is 0 Å². The quantitative estimate of drug-likeness (QED) is 0.325. The van der Waals surface area contributed by atoms with Gasteiger partial charge in [0, 0.05) is 12.6 Å². The average Bonchev–Trinajstić information content (AvgIpc) is 3.03. The summed E-state index contributed by atoms with van der Waals surface area (Å²) in [7, 11) is -1.16. The van der Waals surface area contributed by atoms with Crippen molar-refractivity contribution in [1.82, 2.24) is 10.2 Å². The molecule has 0 unspecified atom stereocenters. The number of amides is 2. The summed E-state index contributed by atoms with van der Waals surface area (Å²) in [5.41, 5.74) is 0.997. The third-order valence-electron chi connectivity index (χ3n) is 7.59. The van der Waals surface area contributed by atoms with Gasteiger partial charge in [-0.15, -0.1) is 0 Å². The molecule has 2 amide bonds. The number of carbonyl (C=O) groups excluding carboxylic acids is 2. The van der Waals surface area contributed by atoms with Crippen LogP contribution in [0.3, 0.4) is 0 Å². The molecule has 3 aromatic carbocycles. The Labute approximate surface area is 248 Å². The summed E-state index contributed by atoms with van der Waals surface area (Å²) in [6, 6.07) is 21.0. The van der Waals surface area contributed by atoms with Gasteiger partial charge in [-0.1, -0.05) is 61.7 Å². The van der Waals surface area contributed by atoms with Gasteiger partial charge in [-0.3, -0.25) is 13.9 Å². The van der Waals surface area contributed by atoms with Crippen LogP contribution in [-0.2, 0) is 26.2 Å². The highest BCUT2D eigenvalue weighted by molar-refractivity contribution is 7.92. The van der Waals surface area contributed by atoms with E-state index in [-0.39, 0.29) is 29.1 Å². The van der Waals surface area contributed by atoms with Crippen molar-refractivity contribution < 1.29 is 27.5 Å². The van der Waals surface area contributed by atoms with E-state index in [1.807, 2.05) is 12.1 Å². The Kier molecular flexibility index (Phi) is 10.5. The van der Waals surface area contributed by atoms with Crippen LogP contribution in [0.2, 0.25) is 0 Å². The van der Waals surface area contributed by atoms with Gasteiger partial charge in [-0.2, -0.15) is 0 Å². The molecule has 1 N–H and O–H groups in total. The van der Waals surface area contributed by atoms with Crippen LogP contribution in [0.4, 0.5) is 5.69 Å². The fraction of sp³-hybridized carbons (Fsp3) is 0.375. The lowest BCUT2D eigenvalue weighted by molar-refractivity contribution is -0.139. The zero-order chi connectivity index (χ0) is 30.1. The fourth-order valence-electron chi connectivity index (χ4n) is 5.15. The second kappa shape index (κ2) is 14.2. The highest BCUT2D eigenvalue weighted by Crippen LogP contribution is 2.32. The van der Waals surface area contributed by atoms with E-state index in [1.165, 1.54) is 24.1 Å². The molecular formula is C32H39N3O6S. The third kappa shape index (κ3) is 7.42. The van der Waals surface area contributed by atoms with Crippen molar-refractivity contribution in [1.29, 1.82) is 0 Å². The molecule has 1 atom stereocenters. The Morgan fingerprint density at radius 2 is 1.52 bits per heavy atom.